The molecule has 5 nitrogen and oxygen atoms in total. The molecule has 28 heavy (non-hydrogen) atoms. The van der Waals surface area contributed by atoms with Crippen LogP contribution in [0.2, 0.25) is 0 Å². The minimum Gasteiger partial charge on any atom is -0.339 e. The first-order valence-electron chi connectivity index (χ1n) is 9.74. The van der Waals surface area contributed by atoms with E-state index in [0.29, 0.717) is 0 Å². The third kappa shape index (κ3) is 4.15. The van der Waals surface area contributed by atoms with Crippen LogP contribution in [0, 0.1) is 0 Å². The van der Waals surface area contributed by atoms with Gasteiger partial charge in [0.25, 0.3) is 5.91 Å². The summed E-state index contributed by atoms with van der Waals surface area (Å²) in [6.45, 7) is 4.70. The number of aromatic nitrogens is 3. The van der Waals surface area contributed by atoms with Crippen molar-refractivity contribution in [1.29, 1.82) is 0 Å². The molecule has 0 atom stereocenters. The Hall–Kier alpha value is -2.12. The van der Waals surface area contributed by atoms with Gasteiger partial charge in [-0.3, -0.25) is 4.79 Å². The molecule has 1 aromatic carbocycles. The molecule has 1 aliphatic heterocycles. The molecule has 1 saturated heterocycles. The molecule has 0 bridgehead atoms. The van der Waals surface area contributed by atoms with Crippen LogP contribution in [-0.2, 0) is 12.3 Å². The van der Waals surface area contributed by atoms with Crippen molar-refractivity contribution >= 4 is 29.0 Å². The Kier molecular flexibility index (Phi) is 6.12. The van der Waals surface area contributed by atoms with Crippen molar-refractivity contribution in [3.05, 3.63) is 52.9 Å². The predicted octanol–water partition coefficient (Wildman–Crippen LogP) is 4.94. The highest BCUT2D eigenvalue weighted by molar-refractivity contribution is 7.98. The van der Waals surface area contributed by atoms with E-state index in [-0.39, 0.29) is 5.91 Å². The van der Waals surface area contributed by atoms with Gasteiger partial charge in [-0.25, -0.2) is 0 Å². The molecule has 0 spiro atoms. The zero-order chi connectivity index (χ0) is 19.3. The molecule has 4 rings (SSSR count). The van der Waals surface area contributed by atoms with E-state index in [4.69, 9.17) is 0 Å². The van der Waals surface area contributed by atoms with Gasteiger partial charge in [0.15, 0.2) is 11.0 Å². The average molecular weight is 413 g/mol. The lowest BCUT2D eigenvalue weighted by molar-refractivity contribution is 0.0724. The number of rotatable bonds is 6. The average Bonchev–Trinajstić information content (AvgIpc) is 3.42. The molecule has 0 radical (unpaired) electrons. The molecule has 1 amide bonds. The van der Waals surface area contributed by atoms with Gasteiger partial charge in [-0.15, -0.1) is 21.5 Å². The minimum absolute atomic E-state index is 0.156. The number of benzene rings is 1. The van der Waals surface area contributed by atoms with Crippen LogP contribution < -0.4 is 0 Å². The summed E-state index contributed by atoms with van der Waals surface area (Å²) in [5.74, 6) is 1.85. The van der Waals surface area contributed by atoms with Gasteiger partial charge in [0.05, 0.1) is 4.88 Å². The van der Waals surface area contributed by atoms with Crippen molar-refractivity contribution < 1.29 is 4.79 Å². The Morgan fingerprint density at radius 1 is 1.14 bits per heavy atom. The summed E-state index contributed by atoms with van der Waals surface area (Å²) in [7, 11) is 0. The highest BCUT2D eigenvalue weighted by atomic mass is 32.2. The quantitative estimate of drug-likeness (QED) is 0.538. The molecular formula is C21H24N4OS2. The van der Waals surface area contributed by atoms with Crippen molar-refractivity contribution in [2.75, 3.05) is 13.1 Å². The zero-order valence-electron chi connectivity index (χ0n) is 16.0. The van der Waals surface area contributed by atoms with Gasteiger partial charge >= 0.3 is 0 Å². The lowest BCUT2D eigenvalue weighted by Gasteiger charge is -2.26. The molecule has 1 aliphatic rings. The van der Waals surface area contributed by atoms with E-state index < -0.39 is 0 Å². The minimum atomic E-state index is 0.156. The van der Waals surface area contributed by atoms with Gasteiger partial charge in [0.2, 0.25) is 0 Å². The summed E-state index contributed by atoms with van der Waals surface area (Å²) in [6.07, 6.45) is 3.45. The molecule has 3 heterocycles. The van der Waals surface area contributed by atoms with E-state index in [9.17, 15) is 4.79 Å². The first-order chi connectivity index (χ1) is 13.8. The monoisotopic (exact) mass is 412 g/mol. The topological polar surface area (TPSA) is 51.0 Å². The number of piperidine rings is 1. The normalized spacial score (nSPS) is 14.4. The molecule has 7 heteroatoms. The van der Waals surface area contributed by atoms with Crippen molar-refractivity contribution in [1.82, 2.24) is 19.7 Å². The molecule has 1 fully saturated rings. The number of likely N-dealkylation sites (tertiary alicyclic amines) is 1. The van der Waals surface area contributed by atoms with Gasteiger partial charge < -0.3 is 9.47 Å². The van der Waals surface area contributed by atoms with Crippen molar-refractivity contribution in [2.45, 2.75) is 43.6 Å². The van der Waals surface area contributed by atoms with Crippen LogP contribution in [-0.4, -0.2) is 38.7 Å². The lowest BCUT2D eigenvalue weighted by atomic mass is 10.1. The standard InChI is InChI=1S/C21H24N4OS2/c1-2-25-19(18-10-7-13-27-18)22-23-21(25)28-15-16-8-6-9-17(14-16)20(26)24-11-4-3-5-12-24/h6-10,13-14H,2-5,11-12,15H2,1H3. The zero-order valence-corrected chi connectivity index (χ0v) is 17.6. The third-order valence-corrected chi connectivity index (χ3v) is 6.86. The van der Waals surface area contributed by atoms with Crippen molar-refractivity contribution in [3.63, 3.8) is 0 Å². The van der Waals surface area contributed by atoms with E-state index in [1.54, 1.807) is 23.1 Å². The van der Waals surface area contributed by atoms with E-state index in [1.807, 2.05) is 29.2 Å². The van der Waals surface area contributed by atoms with Gasteiger partial charge in [-0.05, 0) is 55.3 Å². The summed E-state index contributed by atoms with van der Waals surface area (Å²) in [5.41, 5.74) is 1.92. The van der Waals surface area contributed by atoms with Crippen LogP contribution in [0.3, 0.4) is 0 Å². The van der Waals surface area contributed by atoms with E-state index in [0.717, 1.165) is 65.2 Å². The third-order valence-electron chi connectivity index (χ3n) is 4.96. The second-order valence-electron chi connectivity index (χ2n) is 6.87. The largest absolute Gasteiger partial charge is 0.339 e. The maximum absolute atomic E-state index is 12.8. The lowest BCUT2D eigenvalue weighted by Crippen LogP contribution is -2.35. The summed E-state index contributed by atoms with van der Waals surface area (Å²) < 4.78 is 2.15. The number of nitrogens with zero attached hydrogens (tertiary/aromatic N) is 4. The van der Waals surface area contributed by atoms with Crippen LogP contribution in [0.4, 0.5) is 0 Å². The fourth-order valence-corrected chi connectivity index (χ4v) is 5.15. The first kappa shape index (κ1) is 19.2. The Morgan fingerprint density at radius 2 is 2.00 bits per heavy atom. The molecule has 2 aromatic heterocycles. The van der Waals surface area contributed by atoms with Gasteiger partial charge in [0, 0.05) is 31.0 Å². The number of carbonyl (C=O) groups is 1. The van der Waals surface area contributed by atoms with E-state index in [2.05, 4.69) is 39.2 Å². The second kappa shape index (κ2) is 8.92. The molecule has 0 saturated carbocycles. The first-order valence-corrected chi connectivity index (χ1v) is 11.6. The molecule has 3 aromatic rings. The van der Waals surface area contributed by atoms with E-state index >= 15 is 0 Å². The maximum Gasteiger partial charge on any atom is 0.253 e. The van der Waals surface area contributed by atoms with Crippen LogP contribution in [0.15, 0.2) is 46.9 Å². The number of amides is 1. The fourth-order valence-electron chi connectivity index (χ4n) is 3.49. The van der Waals surface area contributed by atoms with Gasteiger partial charge in [-0.1, -0.05) is 30.0 Å². The smallest absolute Gasteiger partial charge is 0.253 e. The summed E-state index contributed by atoms with van der Waals surface area (Å²) in [4.78, 5) is 15.9. The SMILES string of the molecule is CCn1c(SCc2cccc(C(=O)N3CCCCC3)c2)nnc1-c1cccs1. The highest BCUT2D eigenvalue weighted by Gasteiger charge is 2.19. The Balaban J connectivity index is 1.46. The van der Waals surface area contributed by atoms with Gasteiger partial charge in [0.1, 0.15) is 0 Å². The molecular weight excluding hydrogens is 388 g/mol. The molecule has 0 aliphatic carbocycles. The van der Waals surface area contributed by atoms with Crippen LogP contribution >= 0.6 is 23.1 Å². The number of hydrogen-bond donors (Lipinski definition) is 0. The van der Waals surface area contributed by atoms with Crippen molar-refractivity contribution in [3.8, 4) is 10.7 Å². The number of hydrogen-bond acceptors (Lipinski definition) is 5. The number of thiophene rings is 1. The Bertz CT molecular complexity index is 930. The van der Waals surface area contributed by atoms with Gasteiger partial charge in [-0.2, -0.15) is 0 Å². The van der Waals surface area contributed by atoms with Crippen molar-refractivity contribution in [2.24, 2.45) is 0 Å². The summed E-state index contributed by atoms with van der Waals surface area (Å²) in [6, 6.07) is 12.1. The summed E-state index contributed by atoms with van der Waals surface area (Å²) in [5, 5.41) is 11.8. The molecule has 0 unspecified atom stereocenters. The fraction of sp³-hybridized carbons (Fsp3) is 0.381. The second-order valence-corrected chi connectivity index (χ2v) is 8.76. The predicted molar refractivity (Wildman–Crippen MR) is 115 cm³/mol. The molecule has 146 valence electrons. The summed E-state index contributed by atoms with van der Waals surface area (Å²) >= 11 is 3.35. The van der Waals surface area contributed by atoms with Crippen LogP contribution in [0.5, 0.6) is 0 Å². The number of thioether (sulfide) groups is 1. The maximum atomic E-state index is 12.8. The highest BCUT2D eigenvalue weighted by Crippen LogP contribution is 2.29. The molecule has 0 N–H and O–H groups in total. The van der Waals surface area contributed by atoms with Crippen LogP contribution in [0.1, 0.15) is 42.1 Å². The number of carbonyl (C=O) groups excluding carboxylic acids is 1. The van der Waals surface area contributed by atoms with Crippen LogP contribution in [0.25, 0.3) is 10.7 Å². The Morgan fingerprint density at radius 3 is 2.75 bits per heavy atom. The van der Waals surface area contributed by atoms with E-state index in [1.165, 1.54) is 6.42 Å². The Labute approximate surface area is 173 Å².